The minimum absolute atomic E-state index is 0.00700. The highest BCUT2D eigenvalue weighted by atomic mass is 16.2. The van der Waals surface area contributed by atoms with Gasteiger partial charge in [-0.3, -0.25) is 4.79 Å². The molecule has 1 aliphatic heterocycles. The lowest BCUT2D eigenvalue weighted by molar-refractivity contribution is -0.896. The first-order valence-corrected chi connectivity index (χ1v) is 8.64. The van der Waals surface area contributed by atoms with Crippen molar-refractivity contribution in [3.63, 3.8) is 0 Å². The molecule has 1 aliphatic rings. The molecule has 1 saturated heterocycles. The van der Waals surface area contributed by atoms with Crippen molar-refractivity contribution in [2.75, 3.05) is 19.6 Å². The first kappa shape index (κ1) is 17.7. The van der Waals surface area contributed by atoms with Gasteiger partial charge in [0, 0.05) is 0 Å². The Balaban J connectivity index is 1.90. The van der Waals surface area contributed by atoms with Crippen LogP contribution in [-0.2, 0) is 10.2 Å². The van der Waals surface area contributed by atoms with E-state index in [1.807, 2.05) is 6.92 Å². The molecule has 0 aromatic heterocycles. The summed E-state index contributed by atoms with van der Waals surface area (Å²) < 4.78 is 0. The average molecular weight is 316 g/mol. The minimum atomic E-state index is 0.00700. The van der Waals surface area contributed by atoms with E-state index >= 15 is 0 Å². The van der Waals surface area contributed by atoms with Gasteiger partial charge in [0.25, 0.3) is 5.91 Å². The molecule has 1 heterocycles. The molecule has 0 bridgehead atoms. The van der Waals surface area contributed by atoms with E-state index in [0.29, 0.717) is 6.54 Å². The van der Waals surface area contributed by atoms with Gasteiger partial charge in [-0.15, -0.1) is 0 Å². The molecule has 0 spiro atoms. The van der Waals surface area contributed by atoms with Crippen molar-refractivity contribution in [2.45, 2.75) is 52.4 Å². The highest BCUT2D eigenvalue weighted by Gasteiger charge is 2.17. The molecule has 0 atom stereocenters. The maximum atomic E-state index is 12.0. The normalized spacial score (nSPS) is 17.1. The lowest BCUT2D eigenvalue weighted by Gasteiger charge is -2.22. The summed E-state index contributed by atoms with van der Waals surface area (Å²) in [6.07, 6.45) is 3.75. The van der Waals surface area contributed by atoms with Gasteiger partial charge in [0.15, 0.2) is 6.54 Å². The molecule has 4 nitrogen and oxygen atoms in total. The highest BCUT2D eigenvalue weighted by molar-refractivity contribution is 5.99. The smallest absolute Gasteiger partial charge is 0.295 e. The van der Waals surface area contributed by atoms with Gasteiger partial charge in [0.2, 0.25) is 0 Å². The highest BCUT2D eigenvalue weighted by Crippen LogP contribution is 2.22. The predicted molar refractivity (Wildman–Crippen MR) is 94.9 cm³/mol. The number of hydrazone groups is 1. The Kier molecular flexibility index (Phi) is 5.94. The number of carbonyl (C=O) groups excluding carboxylic acids is 1. The van der Waals surface area contributed by atoms with Crippen LogP contribution in [0.25, 0.3) is 0 Å². The van der Waals surface area contributed by atoms with E-state index in [2.05, 4.69) is 55.6 Å². The summed E-state index contributed by atoms with van der Waals surface area (Å²) >= 11 is 0. The first-order valence-electron chi connectivity index (χ1n) is 8.64. The lowest BCUT2D eigenvalue weighted by Crippen LogP contribution is -3.13. The monoisotopic (exact) mass is 316 g/mol. The second-order valence-electron chi connectivity index (χ2n) is 7.55. The van der Waals surface area contributed by atoms with Gasteiger partial charge in [0.05, 0.1) is 18.8 Å². The molecule has 0 saturated carbocycles. The molecule has 1 amide bonds. The number of piperidine rings is 1. The molecule has 0 unspecified atom stereocenters. The summed E-state index contributed by atoms with van der Waals surface area (Å²) in [6, 6.07) is 8.41. The number of rotatable bonds is 4. The van der Waals surface area contributed by atoms with E-state index in [0.717, 1.165) is 24.4 Å². The average Bonchev–Trinajstić information content (AvgIpc) is 2.53. The van der Waals surface area contributed by atoms with Crippen LogP contribution in [-0.4, -0.2) is 31.3 Å². The predicted octanol–water partition coefficient (Wildman–Crippen LogP) is 1.89. The van der Waals surface area contributed by atoms with Gasteiger partial charge in [0.1, 0.15) is 0 Å². The van der Waals surface area contributed by atoms with Crippen LogP contribution in [0.3, 0.4) is 0 Å². The quantitative estimate of drug-likeness (QED) is 0.647. The molecule has 4 heteroatoms. The Bertz CT molecular complexity index is 549. The fraction of sp³-hybridized carbons (Fsp3) is 0.579. The van der Waals surface area contributed by atoms with E-state index in [4.69, 9.17) is 0 Å². The van der Waals surface area contributed by atoms with Crippen LogP contribution in [0.4, 0.5) is 0 Å². The van der Waals surface area contributed by atoms with Crippen LogP contribution < -0.4 is 10.3 Å². The van der Waals surface area contributed by atoms with Crippen molar-refractivity contribution in [1.29, 1.82) is 0 Å². The number of benzene rings is 1. The van der Waals surface area contributed by atoms with E-state index < -0.39 is 0 Å². The van der Waals surface area contributed by atoms with Gasteiger partial charge in [-0.2, -0.15) is 5.10 Å². The molecule has 1 fully saturated rings. The molecule has 1 aromatic carbocycles. The largest absolute Gasteiger partial charge is 0.327 e. The zero-order chi connectivity index (χ0) is 16.9. The number of hydrogen-bond donors (Lipinski definition) is 2. The van der Waals surface area contributed by atoms with E-state index in [-0.39, 0.29) is 11.3 Å². The summed E-state index contributed by atoms with van der Waals surface area (Å²) in [5.74, 6) is 0.00700. The molecule has 23 heavy (non-hydrogen) atoms. The second-order valence-corrected chi connectivity index (χ2v) is 7.55. The molecule has 0 aliphatic carbocycles. The fourth-order valence-electron chi connectivity index (χ4n) is 2.92. The van der Waals surface area contributed by atoms with Crippen LogP contribution >= 0.6 is 0 Å². The minimum Gasteiger partial charge on any atom is -0.327 e. The van der Waals surface area contributed by atoms with E-state index in [1.165, 1.54) is 29.7 Å². The Morgan fingerprint density at radius 2 is 1.74 bits per heavy atom. The number of amides is 1. The maximum absolute atomic E-state index is 12.0. The van der Waals surface area contributed by atoms with Gasteiger partial charge >= 0.3 is 0 Å². The Hall–Kier alpha value is -1.68. The van der Waals surface area contributed by atoms with Crippen molar-refractivity contribution in [3.8, 4) is 0 Å². The summed E-state index contributed by atoms with van der Waals surface area (Å²) in [5, 5.41) is 4.26. The van der Waals surface area contributed by atoms with Crippen molar-refractivity contribution in [3.05, 3.63) is 35.4 Å². The third-order valence-electron chi connectivity index (χ3n) is 4.49. The van der Waals surface area contributed by atoms with E-state index in [1.54, 1.807) is 0 Å². The molecule has 2 rings (SSSR count). The summed E-state index contributed by atoms with van der Waals surface area (Å²) in [5.41, 5.74) is 6.03. The molecule has 0 radical (unpaired) electrons. The van der Waals surface area contributed by atoms with Crippen LogP contribution in [0.1, 0.15) is 58.1 Å². The standard InChI is InChI=1S/C19H29N3O/c1-15(16-8-10-17(11-9-16)19(2,3)4)20-21-18(23)14-22-12-6-5-7-13-22/h8-11H,5-7,12-14H2,1-4H3,(H,21,23)/p+1/b20-15-. The van der Waals surface area contributed by atoms with Crippen molar-refractivity contribution >= 4 is 11.6 Å². The molecule has 1 aromatic rings. The molecule has 2 N–H and O–H groups in total. The molecular weight excluding hydrogens is 286 g/mol. The zero-order valence-corrected chi connectivity index (χ0v) is 14.9. The fourth-order valence-corrected chi connectivity index (χ4v) is 2.92. The zero-order valence-electron chi connectivity index (χ0n) is 14.9. The third kappa shape index (κ3) is 5.47. The molecular formula is C19H30N3O+. The number of likely N-dealkylation sites (tertiary alicyclic amines) is 1. The van der Waals surface area contributed by atoms with Gasteiger partial charge in [-0.1, -0.05) is 45.0 Å². The number of quaternary nitrogens is 1. The Morgan fingerprint density at radius 3 is 2.30 bits per heavy atom. The summed E-state index contributed by atoms with van der Waals surface area (Å²) in [6.45, 7) is 11.3. The van der Waals surface area contributed by atoms with Crippen molar-refractivity contribution < 1.29 is 9.69 Å². The first-order chi connectivity index (χ1) is 10.9. The second kappa shape index (κ2) is 7.73. The van der Waals surface area contributed by atoms with Crippen LogP contribution in [0.2, 0.25) is 0 Å². The van der Waals surface area contributed by atoms with Gasteiger partial charge < -0.3 is 4.90 Å². The van der Waals surface area contributed by atoms with Gasteiger partial charge in [-0.25, -0.2) is 5.43 Å². The summed E-state index contributed by atoms with van der Waals surface area (Å²) in [4.78, 5) is 13.4. The number of nitrogens with zero attached hydrogens (tertiary/aromatic N) is 1. The van der Waals surface area contributed by atoms with Crippen molar-refractivity contribution in [1.82, 2.24) is 5.43 Å². The van der Waals surface area contributed by atoms with E-state index in [9.17, 15) is 4.79 Å². The SMILES string of the molecule is C/C(=N/NC(=O)C[NH+]1CCCCC1)c1ccc(C(C)(C)C)cc1. The Labute approximate surface area is 140 Å². The maximum Gasteiger partial charge on any atom is 0.295 e. The van der Waals surface area contributed by atoms with Crippen LogP contribution in [0, 0.1) is 0 Å². The summed E-state index contributed by atoms with van der Waals surface area (Å²) in [7, 11) is 0. The number of nitrogens with one attached hydrogen (secondary N) is 2. The Morgan fingerprint density at radius 1 is 1.13 bits per heavy atom. The third-order valence-corrected chi connectivity index (χ3v) is 4.49. The number of carbonyl (C=O) groups is 1. The van der Waals surface area contributed by atoms with Crippen molar-refractivity contribution in [2.24, 2.45) is 5.10 Å². The number of hydrogen-bond acceptors (Lipinski definition) is 2. The molecule has 126 valence electrons. The van der Waals surface area contributed by atoms with Gasteiger partial charge in [-0.05, 0) is 42.7 Å². The van der Waals surface area contributed by atoms with Crippen LogP contribution in [0.15, 0.2) is 29.4 Å². The topological polar surface area (TPSA) is 45.9 Å². The van der Waals surface area contributed by atoms with Crippen LogP contribution in [0.5, 0.6) is 0 Å². The lowest BCUT2D eigenvalue weighted by atomic mass is 9.86.